The fourth-order valence-corrected chi connectivity index (χ4v) is 3.93. The first-order valence-electron chi connectivity index (χ1n) is 9.73. The lowest BCUT2D eigenvalue weighted by Crippen LogP contribution is -2.49. The van der Waals surface area contributed by atoms with Gasteiger partial charge >= 0.3 is 5.97 Å². The molecule has 160 valence electrons. The number of methoxy groups -OCH3 is 1. The van der Waals surface area contributed by atoms with Gasteiger partial charge in [-0.05, 0) is 42.3 Å². The summed E-state index contributed by atoms with van der Waals surface area (Å²) in [6.45, 7) is 2.13. The van der Waals surface area contributed by atoms with Gasteiger partial charge in [-0.15, -0.1) is 0 Å². The van der Waals surface area contributed by atoms with Crippen LogP contribution in [0.1, 0.15) is 34.8 Å². The smallest absolute Gasteiger partial charge is 0.303 e. The molecule has 2 aromatic carbocycles. The third-order valence-corrected chi connectivity index (χ3v) is 5.56. The molecule has 1 fully saturated rings. The average molecular weight is 435 g/mol. The van der Waals surface area contributed by atoms with Crippen molar-refractivity contribution in [1.82, 2.24) is 9.80 Å². The van der Waals surface area contributed by atoms with Crippen molar-refractivity contribution in [3.8, 4) is 5.75 Å². The van der Waals surface area contributed by atoms with Crippen molar-refractivity contribution < 1.29 is 23.8 Å². The Kier molecular flexibility index (Phi) is 7.29. The zero-order valence-corrected chi connectivity index (χ0v) is 17.4. The number of amides is 1. The van der Waals surface area contributed by atoms with Gasteiger partial charge in [-0.1, -0.05) is 23.7 Å². The molecule has 2 aromatic rings. The third kappa shape index (κ3) is 5.29. The van der Waals surface area contributed by atoms with Gasteiger partial charge in [-0.2, -0.15) is 0 Å². The number of nitrogens with zero attached hydrogens (tertiary/aromatic N) is 2. The van der Waals surface area contributed by atoms with Crippen molar-refractivity contribution in [3.63, 3.8) is 0 Å². The highest BCUT2D eigenvalue weighted by molar-refractivity contribution is 6.31. The molecule has 0 saturated carbocycles. The van der Waals surface area contributed by atoms with E-state index in [9.17, 15) is 14.0 Å². The summed E-state index contributed by atoms with van der Waals surface area (Å²) in [7, 11) is 1.51. The van der Waals surface area contributed by atoms with Crippen LogP contribution in [0.2, 0.25) is 5.02 Å². The lowest BCUT2D eigenvalue weighted by Gasteiger charge is -2.39. The Morgan fingerprint density at radius 3 is 2.40 bits per heavy atom. The van der Waals surface area contributed by atoms with Gasteiger partial charge in [-0.25, -0.2) is 4.39 Å². The zero-order chi connectivity index (χ0) is 21.7. The minimum Gasteiger partial charge on any atom is -0.496 e. The highest BCUT2D eigenvalue weighted by Gasteiger charge is 2.29. The van der Waals surface area contributed by atoms with E-state index in [1.54, 1.807) is 35.2 Å². The molecular weight excluding hydrogens is 411 g/mol. The number of carbonyl (C=O) groups is 2. The molecular formula is C22H24ClFN2O4. The molecule has 0 spiro atoms. The predicted octanol–water partition coefficient (Wildman–Crippen LogP) is 3.85. The van der Waals surface area contributed by atoms with Crippen LogP contribution in [0.15, 0.2) is 42.5 Å². The van der Waals surface area contributed by atoms with E-state index in [4.69, 9.17) is 21.4 Å². The number of aliphatic carboxylic acids is 1. The Morgan fingerprint density at radius 1 is 1.13 bits per heavy atom. The van der Waals surface area contributed by atoms with E-state index in [1.807, 2.05) is 0 Å². The van der Waals surface area contributed by atoms with Gasteiger partial charge in [0.1, 0.15) is 11.6 Å². The molecule has 3 rings (SSSR count). The molecule has 0 unspecified atom stereocenters. The number of ether oxygens (including phenoxy) is 1. The molecule has 1 N–H and O–H groups in total. The van der Waals surface area contributed by atoms with Crippen LogP contribution in [0, 0.1) is 5.82 Å². The van der Waals surface area contributed by atoms with Gasteiger partial charge < -0.3 is 14.7 Å². The Hall–Kier alpha value is -2.64. The number of piperazine rings is 1. The minimum atomic E-state index is -0.871. The molecule has 0 bridgehead atoms. The maximum atomic E-state index is 13.3. The Morgan fingerprint density at radius 2 is 1.80 bits per heavy atom. The average Bonchev–Trinajstić information content (AvgIpc) is 2.75. The van der Waals surface area contributed by atoms with E-state index < -0.39 is 5.97 Å². The van der Waals surface area contributed by atoms with Crippen molar-refractivity contribution in [2.75, 3.05) is 33.3 Å². The fourth-order valence-electron chi connectivity index (χ4n) is 3.76. The molecule has 1 atom stereocenters. The van der Waals surface area contributed by atoms with Gasteiger partial charge in [0.2, 0.25) is 0 Å². The maximum absolute atomic E-state index is 13.3. The van der Waals surface area contributed by atoms with E-state index in [0.29, 0.717) is 48.9 Å². The monoisotopic (exact) mass is 434 g/mol. The van der Waals surface area contributed by atoms with Crippen LogP contribution in [0.4, 0.5) is 4.39 Å². The second-order valence-electron chi connectivity index (χ2n) is 7.17. The van der Waals surface area contributed by atoms with E-state index in [0.717, 1.165) is 5.56 Å². The number of benzene rings is 2. The summed E-state index contributed by atoms with van der Waals surface area (Å²) in [5.74, 6) is -0.888. The molecule has 30 heavy (non-hydrogen) atoms. The second kappa shape index (κ2) is 9.91. The lowest BCUT2D eigenvalue weighted by molar-refractivity contribution is -0.137. The van der Waals surface area contributed by atoms with Crippen molar-refractivity contribution >= 4 is 23.5 Å². The number of carboxylic acid groups (broad SMARTS) is 1. The summed E-state index contributed by atoms with van der Waals surface area (Å²) in [5, 5.41) is 9.57. The lowest BCUT2D eigenvalue weighted by atomic mass is 9.99. The van der Waals surface area contributed by atoms with Gasteiger partial charge in [0, 0.05) is 43.7 Å². The van der Waals surface area contributed by atoms with Crippen LogP contribution in [0.5, 0.6) is 5.75 Å². The van der Waals surface area contributed by atoms with Crippen LogP contribution in [-0.2, 0) is 4.79 Å². The van der Waals surface area contributed by atoms with Gasteiger partial charge in [-0.3, -0.25) is 14.5 Å². The molecule has 1 aliphatic heterocycles. The topological polar surface area (TPSA) is 70.1 Å². The van der Waals surface area contributed by atoms with Crippen LogP contribution >= 0.6 is 11.6 Å². The standard InChI is InChI=1S/C22H24ClFN2O4/c1-30-20-8-4-16(23)14-18(20)22(29)26-12-10-25(11-13-26)19(7-9-21(27)28)15-2-5-17(24)6-3-15/h2-6,8,14,19H,7,9-13H2,1H3,(H,27,28)/t19-/m0/s1. The number of carbonyl (C=O) groups excluding carboxylic acids is 1. The molecule has 1 heterocycles. The fraction of sp³-hybridized carbons (Fsp3) is 0.364. The number of rotatable bonds is 7. The molecule has 1 aliphatic rings. The van der Waals surface area contributed by atoms with Crippen LogP contribution in [-0.4, -0.2) is 60.1 Å². The highest BCUT2D eigenvalue weighted by atomic mass is 35.5. The van der Waals surface area contributed by atoms with E-state index in [-0.39, 0.29) is 24.2 Å². The molecule has 0 radical (unpaired) electrons. The predicted molar refractivity (Wildman–Crippen MR) is 111 cm³/mol. The van der Waals surface area contributed by atoms with Crippen LogP contribution < -0.4 is 4.74 Å². The molecule has 8 heteroatoms. The van der Waals surface area contributed by atoms with Gasteiger partial charge in [0.15, 0.2) is 0 Å². The Bertz CT molecular complexity index is 899. The zero-order valence-electron chi connectivity index (χ0n) is 16.7. The van der Waals surface area contributed by atoms with Gasteiger partial charge in [0.05, 0.1) is 12.7 Å². The maximum Gasteiger partial charge on any atom is 0.303 e. The summed E-state index contributed by atoms with van der Waals surface area (Å²) >= 11 is 6.05. The summed E-state index contributed by atoms with van der Waals surface area (Å²) in [4.78, 5) is 28.0. The number of hydrogen-bond donors (Lipinski definition) is 1. The van der Waals surface area contributed by atoms with Crippen molar-refractivity contribution in [1.29, 1.82) is 0 Å². The third-order valence-electron chi connectivity index (χ3n) is 5.32. The first kappa shape index (κ1) is 22.1. The van der Waals surface area contributed by atoms with Crippen molar-refractivity contribution in [2.45, 2.75) is 18.9 Å². The molecule has 1 amide bonds. The molecule has 0 aliphatic carbocycles. The van der Waals surface area contributed by atoms with Crippen molar-refractivity contribution in [3.05, 3.63) is 64.4 Å². The number of carboxylic acids is 1. The van der Waals surface area contributed by atoms with Crippen LogP contribution in [0.25, 0.3) is 0 Å². The van der Waals surface area contributed by atoms with E-state index in [2.05, 4.69) is 4.90 Å². The quantitative estimate of drug-likeness (QED) is 0.716. The normalized spacial score (nSPS) is 15.6. The SMILES string of the molecule is COc1ccc(Cl)cc1C(=O)N1CCN([C@@H](CCC(=O)O)c2ccc(F)cc2)CC1. The van der Waals surface area contributed by atoms with E-state index in [1.165, 1.54) is 19.2 Å². The number of hydrogen-bond acceptors (Lipinski definition) is 4. The molecule has 1 saturated heterocycles. The summed E-state index contributed by atoms with van der Waals surface area (Å²) in [6.07, 6.45) is 0.429. The summed E-state index contributed by atoms with van der Waals surface area (Å²) in [6, 6.07) is 10.9. The Labute approximate surface area is 179 Å². The molecule has 6 nitrogen and oxygen atoms in total. The highest BCUT2D eigenvalue weighted by Crippen LogP contribution is 2.29. The van der Waals surface area contributed by atoms with Crippen LogP contribution in [0.3, 0.4) is 0 Å². The van der Waals surface area contributed by atoms with E-state index >= 15 is 0 Å². The second-order valence-corrected chi connectivity index (χ2v) is 7.61. The molecule has 0 aromatic heterocycles. The summed E-state index contributed by atoms with van der Waals surface area (Å²) < 4.78 is 18.6. The first-order valence-corrected chi connectivity index (χ1v) is 10.1. The largest absolute Gasteiger partial charge is 0.496 e. The summed E-state index contributed by atoms with van der Waals surface area (Å²) in [5.41, 5.74) is 1.29. The first-order chi connectivity index (χ1) is 14.4. The van der Waals surface area contributed by atoms with Gasteiger partial charge in [0.25, 0.3) is 5.91 Å². The number of halogens is 2. The minimum absolute atomic E-state index is 0.0148. The van der Waals surface area contributed by atoms with Crippen molar-refractivity contribution in [2.24, 2.45) is 0 Å². The Balaban J connectivity index is 1.71.